The number of Topliss-reactive ketones (excluding diaryl/α,β-unsaturated/α-hetero) is 1. The van der Waals surface area contributed by atoms with Crippen LogP contribution in [0.25, 0.3) is 0 Å². The van der Waals surface area contributed by atoms with E-state index in [1.807, 2.05) is 6.92 Å². The van der Waals surface area contributed by atoms with Crippen molar-refractivity contribution in [3.8, 4) is 0 Å². The minimum atomic E-state index is 0.135. The summed E-state index contributed by atoms with van der Waals surface area (Å²) in [6.45, 7) is 1.82. The molecule has 0 aromatic heterocycles. The molecule has 13 heavy (non-hydrogen) atoms. The zero-order valence-electron chi connectivity index (χ0n) is 8.64. The van der Waals surface area contributed by atoms with Gasteiger partial charge in [0, 0.05) is 5.41 Å². The van der Waals surface area contributed by atoms with Crippen LogP contribution >= 0.6 is 0 Å². The minimum Gasteiger partial charge on any atom is -0.299 e. The van der Waals surface area contributed by atoms with Crippen molar-refractivity contribution >= 4 is 5.78 Å². The minimum absolute atomic E-state index is 0.135. The first kappa shape index (κ1) is 9.23. The van der Waals surface area contributed by atoms with Crippen molar-refractivity contribution in [2.45, 2.75) is 58.3 Å². The highest BCUT2D eigenvalue weighted by Crippen LogP contribution is 2.50. The molecule has 0 saturated heterocycles. The topological polar surface area (TPSA) is 17.1 Å². The third-order valence-corrected chi connectivity index (χ3v) is 4.33. The molecule has 2 fully saturated rings. The van der Waals surface area contributed by atoms with Gasteiger partial charge in [-0.2, -0.15) is 0 Å². The van der Waals surface area contributed by atoms with Crippen LogP contribution in [0.4, 0.5) is 0 Å². The molecular formula is C12H20O. The van der Waals surface area contributed by atoms with Crippen LogP contribution in [-0.4, -0.2) is 5.78 Å². The predicted molar refractivity (Wildman–Crippen MR) is 53.5 cm³/mol. The van der Waals surface area contributed by atoms with E-state index in [1.165, 1.54) is 51.4 Å². The van der Waals surface area contributed by atoms with Gasteiger partial charge in [-0.15, -0.1) is 0 Å². The second kappa shape index (κ2) is 3.43. The highest BCUT2D eigenvalue weighted by Gasteiger charge is 2.45. The van der Waals surface area contributed by atoms with E-state index in [0.717, 1.165) is 5.92 Å². The number of carbonyl (C=O) groups is 1. The largest absolute Gasteiger partial charge is 0.299 e. The SMILES string of the molecule is CC(=O)[C@]12CCCC[C@H]1CCCC2. The molecule has 0 aliphatic heterocycles. The fraction of sp³-hybridized carbons (Fsp3) is 0.917. The van der Waals surface area contributed by atoms with Crippen LogP contribution in [0.15, 0.2) is 0 Å². The Kier molecular flexibility index (Phi) is 2.44. The molecule has 0 unspecified atom stereocenters. The smallest absolute Gasteiger partial charge is 0.136 e. The van der Waals surface area contributed by atoms with E-state index < -0.39 is 0 Å². The van der Waals surface area contributed by atoms with Gasteiger partial charge in [-0.1, -0.05) is 25.7 Å². The van der Waals surface area contributed by atoms with Gasteiger partial charge >= 0.3 is 0 Å². The zero-order valence-corrected chi connectivity index (χ0v) is 8.64. The quantitative estimate of drug-likeness (QED) is 0.605. The highest BCUT2D eigenvalue weighted by molar-refractivity contribution is 5.82. The van der Waals surface area contributed by atoms with E-state index in [1.54, 1.807) is 0 Å². The van der Waals surface area contributed by atoms with Gasteiger partial charge in [0.2, 0.25) is 0 Å². The van der Waals surface area contributed by atoms with Crippen molar-refractivity contribution in [3.63, 3.8) is 0 Å². The summed E-state index contributed by atoms with van der Waals surface area (Å²) >= 11 is 0. The van der Waals surface area contributed by atoms with E-state index in [0.29, 0.717) is 5.78 Å². The summed E-state index contributed by atoms with van der Waals surface area (Å²) in [7, 11) is 0. The number of ketones is 1. The van der Waals surface area contributed by atoms with E-state index in [9.17, 15) is 4.79 Å². The number of hydrogen-bond donors (Lipinski definition) is 0. The second-order valence-electron chi connectivity index (χ2n) is 4.90. The van der Waals surface area contributed by atoms with Gasteiger partial charge < -0.3 is 0 Å². The Hall–Kier alpha value is -0.330. The van der Waals surface area contributed by atoms with Crippen LogP contribution in [0.2, 0.25) is 0 Å². The van der Waals surface area contributed by atoms with E-state index in [4.69, 9.17) is 0 Å². The molecule has 2 aliphatic rings. The summed E-state index contributed by atoms with van der Waals surface area (Å²) in [5.41, 5.74) is 0.135. The molecule has 1 heteroatoms. The second-order valence-corrected chi connectivity index (χ2v) is 4.90. The molecule has 0 radical (unpaired) electrons. The molecule has 1 nitrogen and oxygen atoms in total. The first-order chi connectivity index (χ1) is 6.26. The Balaban J connectivity index is 2.21. The van der Waals surface area contributed by atoms with E-state index >= 15 is 0 Å². The van der Waals surface area contributed by atoms with Crippen molar-refractivity contribution in [1.82, 2.24) is 0 Å². The van der Waals surface area contributed by atoms with Crippen LogP contribution in [-0.2, 0) is 4.79 Å². The first-order valence-corrected chi connectivity index (χ1v) is 5.77. The molecule has 0 aromatic rings. The lowest BCUT2D eigenvalue weighted by atomic mass is 9.58. The summed E-state index contributed by atoms with van der Waals surface area (Å²) in [5, 5.41) is 0. The molecule has 0 N–H and O–H groups in total. The van der Waals surface area contributed by atoms with Gasteiger partial charge in [0.25, 0.3) is 0 Å². The van der Waals surface area contributed by atoms with Gasteiger partial charge in [0.1, 0.15) is 5.78 Å². The standard InChI is InChI=1S/C12H20O/c1-10(13)12-8-4-2-6-11(12)7-3-5-9-12/h11H,2-9H2,1H3/t11-,12+. The van der Waals surface area contributed by atoms with Crippen molar-refractivity contribution in [2.75, 3.05) is 0 Å². The lowest BCUT2D eigenvalue weighted by Gasteiger charge is -2.45. The summed E-state index contributed by atoms with van der Waals surface area (Å²) in [6.07, 6.45) is 10.3. The van der Waals surface area contributed by atoms with Gasteiger partial charge in [0.05, 0.1) is 0 Å². The molecule has 0 spiro atoms. The molecule has 2 aliphatic carbocycles. The van der Waals surface area contributed by atoms with Gasteiger partial charge in [-0.05, 0) is 38.5 Å². The van der Waals surface area contributed by atoms with Gasteiger partial charge in [-0.3, -0.25) is 4.79 Å². The number of hydrogen-bond acceptors (Lipinski definition) is 1. The number of fused-ring (bicyclic) bond motifs is 1. The van der Waals surface area contributed by atoms with Crippen LogP contribution in [0.5, 0.6) is 0 Å². The third kappa shape index (κ3) is 1.43. The maximum atomic E-state index is 11.8. The lowest BCUT2D eigenvalue weighted by Crippen LogP contribution is -2.42. The Morgan fingerprint density at radius 3 is 2.00 bits per heavy atom. The van der Waals surface area contributed by atoms with Crippen molar-refractivity contribution in [1.29, 1.82) is 0 Å². The third-order valence-electron chi connectivity index (χ3n) is 4.33. The van der Waals surface area contributed by atoms with Crippen LogP contribution in [0.1, 0.15) is 58.3 Å². The number of rotatable bonds is 1. The maximum Gasteiger partial charge on any atom is 0.136 e. The van der Waals surface area contributed by atoms with Crippen molar-refractivity contribution in [3.05, 3.63) is 0 Å². The van der Waals surface area contributed by atoms with E-state index in [-0.39, 0.29) is 5.41 Å². The summed E-state index contributed by atoms with van der Waals surface area (Å²) < 4.78 is 0. The van der Waals surface area contributed by atoms with Crippen LogP contribution in [0, 0.1) is 11.3 Å². The fourth-order valence-corrected chi connectivity index (χ4v) is 3.53. The molecule has 2 saturated carbocycles. The Morgan fingerprint density at radius 2 is 1.62 bits per heavy atom. The van der Waals surface area contributed by atoms with Crippen LogP contribution in [0.3, 0.4) is 0 Å². The van der Waals surface area contributed by atoms with Gasteiger partial charge in [-0.25, -0.2) is 0 Å². The zero-order chi connectivity index (χ0) is 9.31. The van der Waals surface area contributed by atoms with E-state index in [2.05, 4.69) is 0 Å². The van der Waals surface area contributed by atoms with Gasteiger partial charge in [0.15, 0.2) is 0 Å². The average molecular weight is 180 g/mol. The monoisotopic (exact) mass is 180 g/mol. The Bertz CT molecular complexity index is 195. The van der Waals surface area contributed by atoms with Crippen molar-refractivity contribution in [2.24, 2.45) is 11.3 Å². The predicted octanol–water partition coefficient (Wildman–Crippen LogP) is 3.33. The normalized spacial score (nSPS) is 39.6. The first-order valence-electron chi connectivity index (χ1n) is 5.77. The molecule has 2 rings (SSSR count). The Labute approximate surface area is 80.9 Å². The van der Waals surface area contributed by atoms with Crippen LogP contribution < -0.4 is 0 Å². The molecule has 0 bridgehead atoms. The Morgan fingerprint density at radius 1 is 1.08 bits per heavy atom. The summed E-state index contributed by atoms with van der Waals surface area (Å²) in [6, 6.07) is 0. The average Bonchev–Trinajstić information content (AvgIpc) is 2.17. The summed E-state index contributed by atoms with van der Waals surface area (Å²) in [4.78, 5) is 11.8. The molecular weight excluding hydrogens is 160 g/mol. The fourth-order valence-electron chi connectivity index (χ4n) is 3.53. The molecule has 0 amide bonds. The highest BCUT2D eigenvalue weighted by atomic mass is 16.1. The molecule has 0 atom stereocenters. The van der Waals surface area contributed by atoms with Crippen molar-refractivity contribution < 1.29 is 4.79 Å². The number of carbonyl (C=O) groups excluding carboxylic acids is 1. The molecule has 74 valence electrons. The maximum absolute atomic E-state index is 11.8. The molecule has 0 aromatic carbocycles. The summed E-state index contributed by atoms with van der Waals surface area (Å²) in [5.74, 6) is 1.23. The molecule has 0 heterocycles. The lowest BCUT2D eigenvalue weighted by molar-refractivity contribution is -0.134.